The number of ketones is 1. The lowest BCUT2D eigenvalue weighted by Gasteiger charge is -2.35. The largest absolute Gasteiger partial charge is 0.413 e. The van der Waals surface area contributed by atoms with Crippen molar-refractivity contribution in [3.8, 4) is 5.75 Å². The highest BCUT2D eigenvalue weighted by Crippen LogP contribution is 2.32. The van der Waals surface area contributed by atoms with Crippen LogP contribution in [0.5, 0.6) is 5.75 Å². The molecule has 1 aromatic carbocycles. The standard InChI is InChI=1S/C27H38N5O8P/c1-15-12-20(23(34)28-19(13-16-6-5-7-16)21(33)24(35)30-41)31(14-15)25(36)22(27(2,3)4)29-26(37)40-18-10-8-17(9-11-18)32(38)39/h8-11,15-16,19-20,22H,5-7,12-14,41H2,1-4H3,(H,28,34)(H,29,37)(H,30,35)/t15-,19?,20+,22-/m1/s1. The van der Waals surface area contributed by atoms with Gasteiger partial charge in [-0.05, 0) is 51.6 Å². The van der Waals surface area contributed by atoms with Gasteiger partial charge in [-0.1, -0.05) is 47.0 Å². The Hall–Kier alpha value is -3.60. The molecule has 41 heavy (non-hydrogen) atoms. The van der Waals surface area contributed by atoms with Crippen LogP contribution in [0, 0.1) is 27.4 Å². The second-order valence-corrected chi connectivity index (χ2v) is 12.2. The van der Waals surface area contributed by atoms with Crippen molar-refractivity contribution in [3.05, 3.63) is 34.4 Å². The van der Waals surface area contributed by atoms with Gasteiger partial charge in [0, 0.05) is 18.7 Å². The Kier molecular flexibility index (Phi) is 10.4. The molecule has 2 unspecified atom stereocenters. The van der Waals surface area contributed by atoms with Crippen LogP contribution in [0.25, 0.3) is 0 Å². The average molecular weight is 592 g/mol. The minimum absolute atomic E-state index is 0.0292. The van der Waals surface area contributed by atoms with Gasteiger partial charge in [0.25, 0.3) is 11.6 Å². The monoisotopic (exact) mass is 591 g/mol. The molecular formula is C27H38N5O8P. The third kappa shape index (κ3) is 8.22. The van der Waals surface area contributed by atoms with Gasteiger partial charge in [0.2, 0.25) is 17.6 Å². The number of rotatable bonds is 10. The number of nitrogens with zero attached hydrogens (tertiary/aromatic N) is 2. The number of non-ortho nitro benzene ring substituents is 1. The van der Waals surface area contributed by atoms with E-state index in [1.54, 1.807) is 20.8 Å². The van der Waals surface area contributed by atoms with Crippen LogP contribution in [-0.4, -0.2) is 64.1 Å². The smallest absolute Gasteiger partial charge is 0.410 e. The van der Waals surface area contributed by atoms with E-state index in [9.17, 15) is 34.1 Å². The van der Waals surface area contributed by atoms with Gasteiger partial charge in [0.15, 0.2) is 0 Å². The van der Waals surface area contributed by atoms with E-state index in [2.05, 4.69) is 15.7 Å². The van der Waals surface area contributed by atoms with Crippen molar-refractivity contribution in [1.29, 1.82) is 0 Å². The highest BCUT2D eigenvalue weighted by molar-refractivity contribution is 7.15. The Morgan fingerprint density at radius 1 is 1.12 bits per heavy atom. The lowest BCUT2D eigenvalue weighted by Crippen LogP contribution is -2.59. The van der Waals surface area contributed by atoms with Crippen LogP contribution in [0.1, 0.15) is 59.8 Å². The van der Waals surface area contributed by atoms with Crippen molar-refractivity contribution >= 4 is 44.7 Å². The van der Waals surface area contributed by atoms with Gasteiger partial charge in [-0.2, -0.15) is 0 Å². The van der Waals surface area contributed by atoms with Crippen LogP contribution >= 0.6 is 9.39 Å². The van der Waals surface area contributed by atoms with Crippen molar-refractivity contribution in [2.24, 2.45) is 17.3 Å². The van der Waals surface area contributed by atoms with E-state index >= 15 is 0 Å². The first-order valence-electron chi connectivity index (χ1n) is 13.6. The SMILES string of the molecule is C[C@@H]1C[C@@H](C(=O)NC(CC2CCC2)C(=O)C(=O)NP)N(C(=O)[C@@H](NC(=O)Oc2ccc([N+](=O)[O-])cc2)C(C)(C)C)C1. The summed E-state index contributed by atoms with van der Waals surface area (Å²) in [5.74, 6) is -2.33. The van der Waals surface area contributed by atoms with E-state index in [4.69, 9.17) is 4.74 Å². The molecule has 1 saturated heterocycles. The maximum atomic E-state index is 13.8. The number of ether oxygens (including phenoxy) is 1. The molecule has 13 nitrogen and oxygen atoms in total. The molecule has 1 heterocycles. The molecule has 5 atom stereocenters. The van der Waals surface area contributed by atoms with Gasteiger partial charge in [-0.25, -0.2) is 4.79 Å². The second-order valence-electron chi connectivity index (χ2n) is 11.9. The van der Waals surface area contributed by atoms with Gasteiger partial charge in [0.05, 0.1) is 11.0 Å². The van der Waals surface area contributed by atoms with Crippen molar-refractivity contribution < 1.29 is 33.6 Å². The Labute approximate surface area is 240 Å². The fourth-order valence-corrected chi connectivity index (χ4v) is 5.18. The number of nitro benzene ring substituents is 1. The number of likely N-dealkylation sites (tertiary alicyclic amines) is 1. The van der Waals surface area contributed by atoms with Crippen molar-refractivity contribution in [3.63, 3.8) is 0 Å². The van der Waals surface area contributed by atoms with Gasteiger partial charge in [0.1, 0.15) is 17.8 Å². The summed E-state index contributed by atoms with van der Waals surface area (Å²) in [6.07, 6.45) is 2.63. The highest BCUT2D eigenvalue weighted by atomic mass is 31.0. The van der Waals surface area contributed by atoms with Crippen LogP contribution in [0.15, 0.2) is 24.3 Å². The first-order valence-corrected chi connectivity index (χ1v) is 14.2. The first-order chi connectivity index (χ1) is 19.2. The van der Waals surface area contributed by atoms with Crippen LogP contribution < -0.4 is 20.5 Å². The molecule has 2 aliphatic rings. The molecule has 1 aliphatic heterocycles. The normalized spacial score (nSPS) is 20.3. The van der Waals surface area contributed by atoms with E-state index in [1.807, 2.05) is 16.3 Å². The Bertz CT molecular complexity index is 1180. The Balaban J connectivity index is 1.74. The van der Waals surface area contributed by atoms with E-state index in [-0.39, 0.29) is 29.8 Å². The highest BCUT2D eigenvalue weighted by Gasteiger charge is 2.45. The number of hydrogen-bond acceptors (Lipinski definition) is 8. The summed E-state index contributed by atoms with van der Waals surface area (Å²) in [4.78, 5) is 76.5. The van der Waals surface area contributed by atoms with Gasteiger partial charge in [-0.3, -0.25) is 29.3 Å². The summed E-state index contributed by atoms with van der Waals surface area (Å²) >= 11 is 0. The van der Waals surface area contributed by atoms with E-state index < -0.39 is 58.1 Å². The number of carbonyl (C=O) groups is 5. The number of carbonyl (C=O) groups excluding carboxylic acids is 5. The zero-order chi connectivity index (χ0) is 30.5. The molecule has 1 saturated carbocycles. The summed E-state index contributed by atoms with van der Waals surface area (Å²) in [6.45, 7) is 7.42. The molecule has 0 radical (unpaired) electrons. The third-order valence-corrected chi connectivity index (χ3v) is 7.77. The first kappa shape index (κ1) is 31.9. The summed E-state index contributed by atoms with van der Waals surface area (Å²) in [7, 11) is 1.99. The summed E-state index contributed by atoms with van der Waals surface area (Å²) in [5.41, 5.74) is -0.947. The molecule has 4 amide bonds. The summed E-state index contributed by atoms with van der Waals surface area (Å²) in [5, 5.41) is 18.4. The van der Waals surface area contributed by atoms with Gasteiger partial charge in [-0.15, -0.1) is 0 Å². The van der Waals surface area contributed by atoms with Crippen LogP contribution in [0.3, 0.4) is 0 Å². The number of Topliss-reactive ketones (excluding diaryl/α,β-unsaturated/α-hetero) is 1. The number of nitro groups is 1. The Morgan fingerprint density at radius 2 is 1.76 bits per heavy atom. The van der Waals surface area contributed by atoms with E-state index in [1.165, 1.54) is 29.2 Å². The maximum absolute atomic E-state index is 13.8. The number of amides is 4. The molecular weight excluding hydrogens is 553 g/mol. The third-order valence-electron chi connectivity index (χ3n) is 7.51. The molecule has 3 rings (SSSR count). The Morgan fingerprint density at radius 3 is 2.27 bits per heavy atom. The molecule has 1 aromatic rings. The predicted octanol–water partition coefficient (Wildman–Crippen LogP) is 2.49. The zero-order valence-corrected chi connectivity index (χ0v) is 24.8. The average Bonchev–Trinajstić information content (AvgIpc) is 3.28. The van der Waals surface area contributed by atoms with Crippen molar-refractivity contribution in [2.45, 2.75) is 77.9 Å². The molecule has 0 aromatic heterocycles. The molecule has 224 valence electrons. The number of nitrogens with one attached hydrogen (secondary N) is 3. The topological polar surface area (TPSA) is 177 Å². The van der Waals surface area contributed by atoms with Gasteiger partial charge >= 0.3 is 6.09 Å². The van der Waals surface area contributed by atoms with E-state index in [0.717, 1.165) is 19.3 Å². The zero-order valence-electron chi connectivity index (χ0n) is 23.7. The van der Waals surface area contributed by atoms with Crippen molar-refractivity contribution in [1.82, 2.24) is 20.6 Å². The lowest BCUT2D eigenvalue weighted by molar-refractivity contribution is -0.384. The fraction of sp³-hybridized carbons (Fsp3) is 0.593. The number of hydrogen-bond donors (Lipinski definition) is 3. The minimum atomic E-state index is -1.08. The molecule has 1 aliphatic carbocycles. The molecule has 0 bridgehead atoms. The lowest BCUT2D eigenvalue weighted by atomic mass is 9.80. The van der Waals surface area contributed by atoms with Crippen LogP contribution in [-0.2, 0) is 19.2 Å². The quantitative estimate of drug-likeness (QED) is 0.161. The van der Waals surface area contributed by atoms with Crippen molar-refractivity contribution in [2.75, 3.05) is 6.54 Å². The summed E-state index contributed by atoms with van der Waals surface area (Å²) in [6, 6.07) is 1.94. The van der Waals surface area contributed by atoms with Gasteiger partial charge < -0.3 is 25.4 Å². The second kappa shape index (κ2) is 13.4. The van der Waals surface area contributed by atoms with Crippen LogP contribution in [0.4, 0.5) is 10.5 Å². The maximum Gasteiger partial charge on any atom is 0.413 e. The molecule has 3 N–H and O–H groups in total. The van der Waals surface area contributed by atoms with Crippen LogP contribution in [0.2, 0.25) is 0 Å². The van der Waals surface area contributed by atoms with E-state index in [0.29, 0.717) is 12.8 Å². The molecule has 0 spiro atoms. The molecule has 2 fully saturated rings. The minimum Gasteiger partial charge on any atom is -0.410 e. The summed E-state index contributed by atoms with van der Waals surface area (Å²) < 4.78 is 5.25. The molecule has 14 heteroatoms. The number of benzene rings is 1. The fourth-order valence-electron chi connectivity index (χ4n) is 5.03. The predicted molar refractivity (Wildman–Crippen MR) is 152 cm³/mol.